The van der Waals surface area contributed by atoms with E-state index in [-0.39, 0.29) is 17.4 Å². The number of nitrogens with one attached hydrogen (secondary N) is 1. The summed E-state index contributed by atoms with van der Waals surface area (Å²) < 4.78 is 0. The van der Waals surface area contributed by atoms with Crippen LogP contribution in [0.4, 0.5) is 5.69 Å². The van der Waals surface area contributed by atoms with Gasteiger partial charge in [0.1, 0.15) is 6.04 Å². The third-order valence-corrected chi connectivity index (χ3v) is 3.77. The molecule has 0 aliphatic carbocycles. The number of carboxylic acids is 1. The summed E-state index contributed by atoms with van der Waals surface area (Å²) in [6, 6.07) is 6.71. The first-order valence-electron chi connectivity index (χ1n) is 6.36. The molecule has 1 aromatic rings. The summed E-state index contributed by atoms with van der Waals surface area (Å²) in [7, 11) is 0. The molecule has 5 nitrogen and oxygen atoms in total. The van der Waals surface area contributed by atoms with E-state index in [4.69, 9.17) is 10.8 Å². The third kappa shape index (κ3) is 5.22. The van der Waals surface area contributed by atoms with E-state index >= 15 is 0 Å². The van der Waals surface area contributed by atoms with Crippen LogP contribution in [0.15, 0.2) is 24.3 Å². The Morgan fingerprint density at radius 1 is 1.35 bits per heavy atom. The number of thioether (sulfide) groups is 1. The number of carboxylic acid groups (broad SMARTS) is 1. The molecule has 1 aromatic carbocycles. The molecule has 0 bridgehead atoms. The number of carbonyl (C=O) groups excluding carboxylic acids is 1. The van der Waals surface area contributed by atoms with Gasteiger partial charge in [0, 0.05) is 11.4 Å². The van der Waals surface area contributed by atoms with E-state index in [9.17, 15) is 9.59 Å². The van der Waals surface area contributed by atoms with Gasteiger partial charge in [0.2, 0.25) is 5.91 Å². The minimum Gasteiger partial charge on any atom is -0.480 e. The van der Waals surface area contributed by atoms with Gasteiger partial charge in [0.05, 0.1) is 5.75 Å². The first-order chi connectivity index (χ1) is 9.41. The van der Waals surface area contributed by atoms with Crippen LogP contribution in [-0.4, -0.2) is 34.5 Å². The Morgan fingerprint density at radius 3 is 2.60 bits per heavy atom. The van der Waals surface area contributed by atoms with Gasteiger partial charge in [-0.05, 0) is 17.5 Å². The zero-order chi connectivity index (χ0) is 15.1. The lowest BCUT2D eigenvalue weighted by atomic mass is 10.0. The quantitative estimate of drug-likeness (QED) is 0.714. The minimum absolute atomic E-state index is 0.152. The van der Waals surface area contributed by atoms with E-state index < -0.39 is 12.0 Å². The highest BCUT2D eigenvalue weighted by molar-refractivity contribution is 8.00. The number of carbonyl (C=O) groups is 2. The van der Waals surface area contributed by atoms with Crippen molar-refractivity contribution < 1.29 is 14.7 Å². The smallest absolute Gasteiger partial charge is 0.321 e. The van der Waals surface area contributed by atoms with Crippen LogP contribution in [-0.2, 0) is 9.59 Å². The molecule has 0 aliphatic rings. The molecule has 0 aliphatic heterocycles. The van der Waals surface area contributed by atoms with Crippen LogP contribution in [0.1, 0.15) is 25.3 Å². The second-order valence-electron chi connectivity index (χ2n) is 4.75. The Morgan fingerprint density at radius 2 is 2.00 bits per heavy atom. The van der Waals surface area contributed by atoms with E-state index in [1.807, 2.05) is 24.3 Å². The van der Waals surface area contributed by atoms with Crippen molar-refractivity contribution in [1.29, 1.82) is 0 Å². The average molecular weight is 296 g/mol. The Hall–Kier alpha value is -1.53. The molecule has 0 spiro atoms. The fourth-order valence-electron chi connectivity index (χ4n) is 1.65. The molecule has 1 unspecified atom stereocenters. The fourth-order valence-corrected chi connectivity index (χ4v) is 2.42. The van der Waals surface area contributed by atoms with E-state index in [0.29, 0.717) is 5.92 Å². The van der Waals surface area contributed by atoms with Crippen LogP contribution in [0, 0.1) is 0 Å². The van der Waals surface area contributed by atoms with E-state index in [1.54, 1.807) is 0 Å². The number of nitrogens with two attached hydrogens (primary N) is 1. The van der Waals surface area contributed by atoms with Crippen LogP contribution in [0.5, 0.6) is 0 Å². The molecule has 1 rings (SSSR count). The zero-order valence-corrected chi connectivity index (χ0v) is 12.4. The van der Waals surface area contributed by atoms with Gasteiger partial charge >= 0.3 is 5.97 Å². The van der Waals surface area contributed by atoms with Gasteiger partial charge < -0.3 is 16.2 Å². The first-order valence-corrected chi connectivity index (χ1v) is 7.52. The Labute approximate surface area is 122 Å². The lowest BCUT2D eigenvalue weighted by Crippen LogP contribution is -2.33. The second kappa shape index (κ2) is 7.91. The van der Waals surface area contributed by atoms with E-state index in [2.05, 4.69) is 19.2 Å². The number of benzene rings is 1. The molecule has 6 heteroatoms. The van der Waals surface area contributed by atoms with E-state index in [1.165, 1.54) is 11.8 Å². The summed E-state index contributed by atoms with van der Waals surface area (Å²) in [4.78, 5) is 22.4. The average Bonchev–Trinajstić information content (AvgIpc) is 2.38. The predicted octanol–water partition coefficient (Wildman–Crippen LogP) is 1.89. The first kappa shape index (κ1) is 16.5. The third-order valence-electron chi connectivity index (χ3n) is 2.70. The molecular weight excluding hydrogens is 276 g/mol. The van der Waals surface area contributed by atoms with Crippen molar-refractivity contribution in [3.63, 3.8) is 0 Å². The van der Waals surface area contributed by atoms with Crippen LogP contribution >= 0.6 is 11.8 Å². The lowest BCUT2D eigenvalue weighted by Gasteiger charge is -2.13. The molecular formula is C14H20N2O3S. The molecule has 4 N–H and O–H groups in total. The zero-order valence-electron chi connectivity index (χ0n) is 11.6. The van der Waals surface area contributed by atoms with Gasteiger partial charge in [0.15, 0.2) is 0 Å². The number of aliphatic carboxylic acids is 1. The molecule has 1 atom stereocenters. The molecule has 110 valence electrons. The molecule has 0 saturated carbocycles. The highest BCUT2D eigenvalue weighted by Gasteiger charge is 2.13. The minimum atomic E-state index is -1.05. The maximum Gasteiger partial charge on any atom is 0.321 e. The summed E-state index contributed by atoms with van der Waals surface area (Å²) in [6.07, 6.45) is 0. The van der Waals surface area contributed by atoms with Crippen LogP contribution < -0.4 is 11.1 Å². The lowest BCUT2D eigenvalue weighted by molar-refractivity contribution is -0.137. The van der Waals surface area contributed by atoms with Crippen molar-refractivity contribution in [3.8, 4) is 0 Å². The molecule has 0 heterocycles. The molecule has 0 fully saturated rings. The number of rotatable bonds is 7. The van der Waals surface area contributed by atoms with Gasteiger partial charge in [-0.3, -0.25) is 9.59 Å². The van der Waals surface area contributed by atoms with Crippen molar-refractivity contribution in [3.05, 3.63) is 29.8 Å². The summed E-state index contributed by atoms with van der Waals surface area (Å²) in [5.74, 6) is -0.481. The molecule has 0 saturated heterocycles. The number of hydrogen-bond acceptors (Lipinski definition) is 4. The number of para-hydroxylation sites is 1. The van der Waals surface area contributed by atoms with Gasteiger partial charge in [-0.1, -0.05) is 32.0 Å². The summed E-state index contributed by atoms with van der Waals surface area (Å²) in [6.45, 7) is 4.12. The monoisotopic (exact) mass is 296 g/mol. The molecule has 1 amide bonds. The van der Waals surface area contributed by atoms with Crippen molar-refractivity contribution in [2.24, 2.45) is 5.73 Å². The highest BCUT2D eigenvalue weighted by atomic mass is 32.2. The highest BCUT2D eigenvalue weighted by Crippen LogP contribution is 2.23. The van der Waals surface area contributed by atoms with Crippen molar-refractivity contribution in [1.82, 2.24) is 0 Å². The number of hydrogen-bond donors (Lipinski definition) is 3. The molecule has 0 radical (unpaired) electrons. The van der Waals surface area contributed by atoms with Crippen molar-refractivity contribution >= 4 is 29.3 Å². The predicted molar refractivity (Wildman–Crippen MR) is 82.1 cm³/mol. The van der Waals surface area contributed by atoms with Crippen molar-refractivity contribution in [2.75, 3.05) is 16.8 Å². The Bertz CT molecular complexity index is 477. The van der Waals surface area contributed by atoms with Crippen LogP contribution in [0.25, 0.3) is 0 Å². The largest absolute Gasteiger partial charge is 0.480 e. The summed E-state index contributed by atoms with van der Waals surface area (Å²) in [5, 5.41) is 11.5. The van der Waals surface area contributed by atoms with Gasteiger partial charge in [-0.2, -0.15) is 0 Å². The fraction of sp³-hybridized carbons (Fsp3) is 0.429. The number of amides is 1. The van der Waals surface area contributed by atoms with Gasteiger partial charge in [0.25, 0.3) is 0 Å². The Kier molecular flexibility index (Phi) is 6.54. The standard InChI is InChI=1S/C14H20N2O3S/c1-9(2)10-5-3-4-6-12(10)16-13(17)8-20-7-11(15)14(18)19/h3-6,9,11H,7-8,15H2,1-2H3,(H,16,17)(H,18,19). The van der Waals surface area contributed by atoms with E-state index in [0.717, 1.165) is 11.3 Å². The van der Waals surface area contributed by atoms with Crippen LogP contribution in [0.3, 0.4) is 0 Å². The van der Waals surface area contributed by atoms with Crippen molar-refractivity contribution in [2.45, 2.75) is 25.8 Å². The maximum atomic E-state index is 11.8. The van der Waals surface area contributed by atoms with Crippen LogP contribution in [0.2, 0.25) is 0 Å². The van der Waals surface area contributed by atoms with Gasteiger partial charge in [-0.25, -0.2) is 0 Å². The molecule has 20 heavy (non-hydrogen) atoms. The SMILES string of the molecule is CC(C)c1ccccc1NC(=O)CSCC(N)C(=O)O. The second-order valence-corrected chi connectivity index (χ2v) is 5.78. The summed E-state index contributed by atoms with van der Waals surface area (Å²) >= 11 is 1.21. The normalized spacial score (nSPS) is 12.2. The number of anilines is 1. The maximum absolute atomic E-state index is 11.8. The topological polar surface area (TPSA) is 92.4 Å². The molecule has 0 aromatic heterocycles. The van der Waals surface area contributed by atoms with Gasteiger partial charge in [-0.15, -0.1) is 11.8 Å². The Balaban J connectivity index is 2.49. The summed E-state index contributed by atoms with van der Waals surface area (Å²) in [5.41, 5.74) is 7.25.